The van der Waals surface area contributed by atoms with E-state index in [4.69, 9.17) is 19.3 Å². The molecule has 16 heavy (non-hydrogen) atoms. The second-order valence-electron chi connectivity index (χ2n) is 4.47. The Labute approximate surface area is 93.1 Å². The van der Waals surface area contributed by atoms with E-state index in [-0.39, 0.29) is 12.5 Å². The zero-order valence-electron chi connectivity index (χ0n) is 9.20. The molecule has 2 aliphatic heterocycles. The van der Waals surface area contributed by atoms with Crippen molar-refractivity contribution in [1.29, 1.82) is 0 Å². The molecule has 92 valence electrons. The quantitative estimate of drug-likeness (QED) is 0.634. The number of carbonyl (C=O) groups is 1. The van der Waals surface area contributed by atoms with E-state index in [0.717, 1.165) is 0 Å². The lowest BCUT2D eigenvalue weighted by Gasteiger charge is -2.40. The van der Waals surface area contributed by atoms with Crippen molar-refractivity contribution in [3.8, 4) is 0 Å². The average molecular weight is 232 g/mol. The minimum atomic E-state index is -0.917. The van der Waals surface area contributed by atoms with Crippen molar-refractivity contribution in [3.05, 3.63) is 0 Å². The van der Waals surface area contributed by atoms with E-state index < -0.39 is 36.7 Å². The molecule has 2 fully saturated rings. The molecule has 2 N–H and O–H groups in total. The highest BCUT2D eigenvalue weighted by atomic mass is 16.8. The molecular weight excluding hydrogens is 216 g/mol. The van der Waals surface area contributed by atoms with Crippen molar-refractivity contribution in [2.24, 2.45) is 5.92 Å². The van der Waals surface area contributed by atoms with Gasteiger partial charge in [-0.25, -0.2) is 4.79 Å². The molecule has 6 nitrogen and oxygen atoms in total. The van der Waals surface area contributed by atoms with Crippen LogP contribution < -0.4 is 0 Å². The van der Waals surface area contributed by atoms with E-state index in [2.05, 4.69) is 0 Å². The van der Waals surface area contributed by atoms with Gasteiger partial charge in [-0.1, -0.05) is 13.8 Å². The third kappa shape index (κ3) is 1.77. The van der Waals surface area contributed by atoms with Crippen LogP contribution in [0, 0.1) is 5.92 Å². The summed E-state index contributed by atoms with van der Waals surface area (Å²) in [6, 6.07) is 0. The molecule has 0 radical (unpaired) electrons. The van der Waals surface area contributed by atoms with Gasteiger partial charge in [-0.15, -0.1) is 0 Å². The summed E-state index contributed by atoms with van der Waals surface area (Å²) in [4.78, 5) is 11.0. The molecule has 2 saturated heterocycles. The molecule has 2 rings (SSSR count). The lowest BCUT2D eigenvalue weighted by Crippen LogP contribution is -2.58. The first-order valence-corrected chi connectivity index (χ1v) is 5.36. The van der Waals surface area contributed by atoms with Gasteiger partial charge in [0.15, 0.2) is 12.2 Å². The minimum Gasteiger partial charge on any atom is -0.424 e. The molecule has 2 unspecified atom stereocenters. The summed E-state index contributed by atoms with van der Waals surface area (Å²) < 4.78 is 15.3. The lowest BCUT2D eigenvalue weighted by atomic mass is 9.90. The van der Waals surface area contributed by atoms with Gasteiger partial charge in [-0.2, -0.15) is 0 Å². The summed E-state index contributed by atoms with van der Waals surface area (Å²) >= 11 is 0. The number of hydrogen-bond donors (Lipinski definition) is 2. The average Bonchev–Trinajstić information content (AvgIpc) is 2.60. The summed E-state index contributed by atoms with van der Waals surface area (Å²) in [7, 11) is 0. The van der Waals surface area contributed by atoms with Crippen LogP contribution in [-0.4, -0.2) is 53.5 Å². The zero-order chi connectivity index (χ0) is 11.9. The zero-order valence-corrected chi connectivity index (χ0v) is 9.20. The predicted molar refractivity (Wildman–Crippen MR) is 51.7 cm³/mol. The maximum absolute atomic E-state index is 11.0. The number of aliphatic hydroxyl groups excluding tert-OH is 2. The molecule has 0 aromatic carbocycles. The number of aliphatic hydroxyl groups is 2. The molecule has 0 spiro atoms. The van der Waals surface area contributed by atoms with E-state index in [9.17, 15) is 9.90 Å². The Morgan fingerprint density at radius 3 is 2.50 bits per heavy atom. The highest BCUT2D eigenvalue weighted by molar-refractivity contribution is 5.63. The fourth-order valence-corrected chi connectivity index (χ4v) is 2.18. The Morgan fingerprint density at radius 2 is 1.94 bits per heavy atom. The first-order chi connectivity index (χ1) is 7.54. The van der Waals surface area contributed by atoms with E-state index in [1.807, 2.05) is 13.8 Å². The Hall–Kier alpha value is -0.850. The van der Waals surface area contributed by atoms with Crippen LogP contribution in [0.15, 0.2) is 0 Å². The van der Waals surface area contributed by atoms with Crippen molar-refractivity contribution in [2.45, 2.75) is 44.4 Å². The van der Waals surface area contributed by atoms with Gasteiger partial charge in [-0.3, -0.25) is 0 Å². The molecule has 0 amide bonds. The fraction of sp³-hybridized carbons (Fsp3) is 0.900. The Kier molecular flexibility index (Phi) is 3.05. The van der Waals surface area contributed by atoms with Gasteiger partial charge in [0.05, 0.1) is 12.7 Å². The second kappa shape index (κ2) is 4.20. The minimum absolute atomic E-state index is 0.0595. The number of fused-ring (bicyclic) bond motifs is 1. The number of carbonyl (C=O) groups excluding carboxylic acids is 1. The first kappa shape index (κ1) is 11.6. The molecule has 2 heterocycles. The lowest BCUT2D eigenvalue weighted by molar-refractivity contribution is -0.207. The topological polar surface area (TPSA) is 85.2 Å². The SMILES string of the molecule is CC(C)[C@@H]1OC(CO)[C@@H]2OC(=O)O[C@@H]2C1O. The van der Waals surface area contributed by atoms with Crippen LogP contribution in [0.2, 0.25) is 0 Å². The van der Waals surface area contributed by atoms with Gasteiger partial charge >= 0.3 is 6.16 Å². The molecule has 6 heteroatoms. The summed E-state index contributed by atoms with van der Waals surface area (Å²) in [6.07, 6.45) is -4.30. The Balaban J connectivity index is 2.19. The number of ether oxygens (including phenoxy) is 3. The van der Waals surface area contributed by atoms with Gasteiger partial charge in [0.2, 0.25) is 0 Å². The van der Waals surface area contributed by atoms with Crippen LogP contribution in [-0.2, 0) is 14.2 Å². The van der Waals surface area contributed by atoms with Crippen molar-refractivity contribution in [3.63, 3.8) is 0 Å². The third-order valence-electron chi connectivity index (χ3n) is 3.00. The first-order valence-electron chi connectivity index (χ1n) is 5.36. The van der Waals surface area contributed by atoms with Crippen LogP contribution >= 0.6 is 0 Å². The number of hydrogen-bond acceptors (Lipinski definition) is 6. The largest absolute Gasteiger partial charge is 0.509 e. The monoisotopic (exact) mass is 232 g/mol. The van der Waals surface area contributed by atoms with Crippen LogP contribution in [0.1, 0.15) is 13.8 Å². The summed E-state index contributed by atoms with van der Waals surface area (Å²) in [5.41, 5.74) is 0. The molecule has 0 aromatic rings. The molecule has 2 aliphatic rings. The highest BCUT2D eigenvalue weighted by Gasteiger charge is 2.53. The Morgan fingerprint density at radius 1 is 1.31 bits per heavy atom. The molecule has 0 aromatic heterocycles. The summed E-state index contributed by atoms with van der Waals surface area (Å²) in [5, 5.41) is 19.1. The highest BCUT2D eigenvalue weighted by Crippen LogP contribution is 2.33. The van der Waals surface area contributed by atoms with Crippen molar-refractivity contribution >= 4 is 6.16 Å². The van der Waals surface area contributed by atoms with E-state index >= 15 is 0 Å². The predicted octanol–water partition coefficient (Wildman–Crippen LogP) is -0.333. The van der Waals surface area contributed by atoms with Crippen molar-refractivity contribution in [2.75, 3.05) is 6.61 Å². The van der Waals surface area contributed by atoms with Gasteiger partial charge < -0.3 is 24.4 Å². The molecule has 5 atom stereocenters. The van der Waals surface area contributed by atoms with Crippen molar-refractivity contribution < 1.29 is 29.2 Å². The van der Waals surface area contributed by atoms with Gasteiger partial charge in [0.1, 0.15) is 12.2 Å². The molecular formula is C10H16O6. The van der Waals surface area contributed by atoms with Crippen LogP contribution in [0.25, 0.3) is 0 Å². The normalized spacial score (nSPS) is 42.8. The van der Waals surface area contributed by atoms with Gasteiger partial charge in [0, 0.05) is 0 Å². The maximum atomic E-state index is 11.0. The fourth-order valence-electron chi connectivity index (χ4n) is 2.18. The van der Waals surface area contributed by atoms with Crippen LogP contribution in [0.3, 0.4) is 0 Å². The standard InChI is InChI=1S/C10H16O6/c1-4(2)7-6(12)9-8(5(3-11)14-7)15-10(13)16-9/h4-9,11-12H,3H2,1-2H3/t5?,6?,7-,8-,9+/m0/s1. The number of rotatable bonds is 2. The summed E-state index contributed by atoms with van der Waals surface area (Å²) in [5.74, 6) is 0.0595. The summed E-state index contributed by atoms with van der Waals surface area (Å²) in [6.45, 7) is 3.51. The molecule has 0 saturated carbocycles. The van der Waals surface area contributed by atoms with E-state index in [0.29, 0.717) is 0 Å². The van der Waals surface area contributed by atoms with Gasteiger partial charge in [-0.05, 0) is 5.92 Å². The molecule has 0 aliphatic carbocycles. The van der Waals surface area contributed by atoms with E-state index in [1.54, 1.807) is 0 Å². The van der Waals surface area contributed by atoms with Crippen molar-refractivity contribution in [1.82, 2.24) is 0 Å². The van der Waals surface area contributed by atoms with E-state index in [1.165, 1.54) is 0 Å². The van der Waals surface area contributed by atoms with Crippen LogP contribution in [0.5, 0.6) is 0 Å². The maximum Gasteiger partial charge on any atom is 0.509 e. The van der Waals surface area contributed by atoms with Gasteiger partial charge in [0.25, 0.3) is 0 Å². The smallest absolute Gasteiger partial charge is 0.424 e. The third-order valence-corrected chi connectivity index (χ3v) is 3.00. The molecule has 0 bridgehead atoms. The Bertz CT molecular complexity index is 278. The van der Waals surface area contributed by atoms with Crippen LogP contribution in [0.4, 0.5) is 4.79 Å². The second-order valence-corrected chi connectivity index (χ2v) is 4.47.